The van der Waals surface area contributed by atoms with Crippen LogP contribution in [0.4, 0.5) is 0 Å². The number of hydrogen-bond donors (Lipinski definition) is 1. The maximum Gasteiger partial charge on any atom is 0.0703 e. The molecular weight excluding hydrogens is 440 g/mol. The predicted molar refractivity (Wildman–Crippen MR) is 123 cm³/mol. The Morgan fingerprint density at radius 2 is 1.26 bits per heavy atom. The SMILES string of the molecule is CC(C)(C)[PH+](C(C)(C)C)C(C)(C)C.N[C-]1CC=CC=C1c1ccccc1.[Pd]. The number of nitrogens with two attached hydrogens (primary N) is 1. The summed E-state index contributed by atoms with van der Waals surface area (Å²) in [7, 11) is -0.391. The first kappa shape index (κ1) is 26.6. The van der Waals surface area contributed by atoms with E-state index in [2.05, 4.69) is 92.7 Å². The largest absolute Gasteiger partial charge is 0.357 e. The van der Waals surface area contributed by atoms with E-state index >= 15 is 0 Å². The molecule has 1 aromatic carbocycles. The van der Waals surface area contributed by atoms with Crippen LogP contribution in [0.15, 0.2) is 48.6 Å². The van der Waals surface area contributed by atoms with E-state index in [1.54, 1.807) is 0 Å². The van der Waals surface area contributed by atoms with Crippen LogP contribution in [0.5, 0.6) is 0 Å². The van der Waals surface area contributed by atoms with Crippen LogP contribution >= 0.6 is 7.92 Å². The van der Waals surface area contributed by atoms with Gasteiger partial charge >= 0.3 is 0 Å². The van der Waals surface area contributed by atoms with Crippen molar-refractivity contribution >= 4 is 13.5 Å². The van der Waals surface area contributed by atoms with Gasteiger partial charge in [-0.25, -0.2) is 0 Å². The third-order valence-corrected chi connectivity index (χ3v) is 8.92. The van der Waals surface area contributed by atoms with Gasteiger partial charge < -0.3 is 5.73 Å². The van der Waals surface area contributed by atoms with Gasteiger partial charge in [0.2, 0.25) is 0 Å². The molecule has 0 amide bonds. The zero-order chi connectivity index (χ0) is 20.2. The van der Waals surface area contributed by atoms with Crippen LogP contribution in [-0.4, -0.2) is 15.5 Å². The average Bonchev–Trinajstić information content (AvgIpc) is 2.44. The molecule has 27 heavy (non-hydrogen) atoms. The van der Waals surface area contributed by atoms with E-state index in [1.165, 1.54) is 5.56 Å². The van der Waals surface area contributed by atoms with Crippen LogP contribution < -0.4 is 5.73 Å². The predicted octanol–water partition coefficient (Wildman–Crippen LogP) is 7.11. The molecule has 0 saturated carbocycles. The van der Waals surface area contributed by atoms with Crippen molar-refractivity contribution in [3.05, 3.63) is 60.2 Å². The number of rotatable bonds is 1. The summed E-state index contributed by atoms with van der Waals surface area (Å²) in [6.07, 6.45) is 7.05. The first-order valence-electron chi connectivity index (χ1n) is 9.67. The minimum Gasteiger partial charge on any atom is -0.357 e. The van der Waals surface area contributed by atoms with Crippen molar-refractivity contribution in [2.24, 2.45) is 5.73 Å². The summed E-state index contributed by atoms with van der Waals surface area (Å²) >= 11 is 0. The first-order chi connectivity index (χ1) is 11.7. The molecule has 0 unspecified atom stereocenters. The molecule has 0 heterocycles. The molecule has 2 N–H and O–H groups in total. The Kier molecular flexibility index (Phi) is 10.3. The normalized spacial score (nSPS) is 14.9. The van der Waals surface area contributed by atoms with Gasteiger partial charge in [-0.3, -0.25) is 0 Å². The molecule has 0 bridgehead atoms. The summed E-state index contributed by atoms with van der Waals surface area (Å²) in [6, 6.07) is 11.2. The Hall–Kier alpha value is -0.378. The van der Waals surface area contributed by atoms with Gasteiger partial charge in [-0.2, -0.15) is 11.6 Å². The van der Waals surface area contributed by atoms with E-state index in [9.17, 15) is 0 Å². The van der Waals surface area contributed by atoms with Crippen molar-refractivity contribution in [1.29, 1.82) is 0 Å². The first-order valence-corrected chi connectivity index (χ1v) is 11.2. The van der Waals surface area contributed by atoms with Gasteiger partial charge in [0.05, 0.1) is 15.5 Å². The molecule has 1 aromatic rings. The second-order valence-corrected chi connectivity index (χ2v) is 15.5. The number of hydrogen-bond acceptors (Lipinski definition) is 1. The fraction of sp³-hybridized carbons (Fsp3) is 0.542. The summed E-state index contributed by atoms with van der Waals surface area (Å²) < 4.78 is 0. The van der Waals surface area contributed by atoms with Crippen molar-refractivity contribution < 1.29 is 20.4 Å². The van der Waals surface area contributed by atoms with E-state index in [4.69, 9.17) is 5.73 Å². The van der Waals surface area contributed by atoms with E-state index in [0.717, 1.165) is 18.0 Å². The molecule has 1 nitrogen and oxygen atoms in total. The summed E-state index contributed by atoms with van der Waals surface area (Å²) in [5.74, 6) is 0. The van der Waals surface area contributed by atoms with E-state index in [-0.39, 0.29) is 20.4 Å². The van der Waals surface area contributed by atoms with Gasteiger partial charge in [-0.05, 0) is 68.7 Å². The second kappa shape index (κ2) is 10.4. The van der Waals surface area contributed by atoms with Crippen molar-refractivity contribution in [1.82, 2.24) is 0 Å². The minimum absolute atomic E-state index is 0. The van der Waals surface area contributed by atoms with Gasteiger partial charge in [-0.1, -0.05) is 18.2 Å². The molecule has 1 aliphatic rings. The van der Waals surface area contributed by atoms with Gasteiger partial charge in [0.1, 0.15) is 0 Å². The zero-order valence-electron chi connectivity index (χ0n) is 18.7. The molecule has 0 atom stereocenters. The fourth-order valence-corrected chi connectivity index (χ4v) is 11.6. The molecule has 1 aliphatic carbocycles. The van der Waals surface area contributed by atoms with Crippen molar-refractivity contribution in [3.63, 3.8) is 0 Å². The summed E-state index contributed by atoms with van der Waals surface area (Å²) in [5, 5.41) is 1.46. The minimum atomic E-state index is -0.391. The Bertz CT molecular complexity index is 579. The number of allylic oxidation sites excluding steroid dienone is 2. The molecule has 0 aliphatic heterocycles. The van der Waals surface area contributed by atoms with Crippen LogP contribution in [0.3, 0.4) is 0 Å². The molecule has 156 valence electrons. The molecule has 3 heteroatoms. The Morgan fingerprint density at radius 1 is 0.815 bits per heavy atom. The zero-order valence-corrected chi connectivity index (χ0v) is 21.3. The maximum atomic E-state index is 5.91. The molecule has 0 radical (unpaired) electrons. The molecule has 0 aromatic heterocycles. The van der Waals surface area contributed by atoms with Crippen LogP contribution in [0.25, 0.3) is 5.57 Å². The maximum absolute atomic E-state index is 5.91. The third kappa shape index (κ3) is 8.66. The van der Waals surface area contributed by atoms with Crippen LogP contribution in [0.2, 0.25) is 0 Å². The fourth-order valence-electron chi connectivity index (χ4n) is 4.85. The summed E-state index contributed by atoms with van der Waals surface area (Å²) in [6.45, 7) is 21.6. The van der Waals surface area contributed by atoms with Gasteiger partial charge in [0, 0.05) is 28.3 Å². The third-order valence-electron chi connectivity index (χ3n) is 4.42. The van der Waals surface area contributed by atoms with E-state index < -0.39 is 7.92 Å². The average molecular weight is 480 g/mol. The Morgan fingerprint density at radius 3 is 1.59 bits per heavy atom. The molecule has 0 spiro atoms. The van der Waals surface area contributed by atoms with Gasteiger partial charge in [-0.15, -0.1) is 35.9 Å². The Balaban J connectivity index is 0.000000483. The molecule has 0 saturated heterocycles. The van der Waals surface area contributed by atoms with Crippen LogP contribution in [0, 0.1) is 6.04 Å². The second-order valence-electron chi connectivity index (χ2n) is 10.2. The van der Waals surface area contributed by atoms with E-state index in [0.29, 0.717) is 15.5 Å². The van der Waals surface area contributed by atoms with Crippen molar-refractivity contribution in [2.75, 3.05) is 0 Å². The van der Waals surface area contributed by atoms with Crippen LogP contribution in [0.1, 0.15) is 74.3 Å². The summed E-state index contributed by atoms with van der Waals surface area (Å²) in [4.78, 5) is 0. The molecular formula is C24H40NPPd. The van der Waals surface area contributed by atoms with Crippen molar-refractivity contribution in [3.8, 4) is 0 Å². The van der Waals surface area contributed by atoms with Crippen LogP contribution in [-0.2, 0) is 20.4 Å². The smallest absolute Gasteiger partial charge is 0.0703 e. The number of benzene rings is 1. The van der Waals surface area contributed by atoms with Crippen molar-refractivity contribution in [2.45, 2.75) is 84.2 Å². The summed E-state index contributed by atoms with van der Waals surface area (Å²) in [5.41, 5.74) is 8.26. The Labute approximate surface area is 183 Å². The van der Waals surface area contributed by atoms with E-state index in [1.807, 2.05) is 18.2 Å². The monoisotopic (exact) mass is 479 g/mol. The molecule has 0 fully saturated rings. The van der Waals surface area contributed by atoms with Gasteiger partial charge in [0.25, 0.3) is 0 Å². The topological polar surface area (TPSA) is 26.0 Å². The molecule has 2 rings (SSSR count). The quantitative estimate of drug-likeness (QED) is 0.259. The van der Waals surface area contributed by atoms with Gasteiger partial charge in [0.15, 0.2) is 0 Å². The standard InChI is InChI=1S/C12H12N.C12H27P.Pd/c13-12-9-5-4-8-11(12)10-6-2-1-3-7-10;1-10(2,3)13(11(4,5)6)12(7,8)9;/h1-8H,9,13H2;1-9H3;/q-1;;/p+1.